The number of aromatic nitrogens is 1. The van der Waals surface area contributed by atoms with Gasteiger partial charge in [0, 0.05) is 31.5 Å². The lowest BCUT2D eigenvalue weighted by atomic mass is 10.0. The number of hydrogen-bond donors (Lipinski definition) is 1. The summed E-state index contributed by atoms with van der Waals surface area (Å²) in [6.07, 6.45) is 8.30. The summed E-state index contributed by atoms with van der Waals surface area (Å²) in [6.45, 7) is 9.15. The number of carbonyl (C=O) groups is 1. The molecule has 1 aromatic heterocycles. The van der Waals surface area contributed by atoms with E-state index in [0.29, 0.717) is 0 Å². The van der Waals surface area contributed by atoms with Crippen LogP contribution in [0.25, 0.3) is 0 Å². The summed E-state index contributed by atoms with van der Waals surface area (Å²) in [5, 5.41) is 3.08. The van der Waals surface area contributed by atoms with E-state index in [0.717, 1.165) is 32.0 Å². The third-order valence-corrected chi connectivity index (χ3v) is 4.59. The molecule has 0 saturated carbocycles. The summed E-state index contributed by atoms with van der Waals surface area (Å²) in [6, 6.07) is 4.42. The minimum absolute atomic E-state index is 0.0853. The number of nitrogens with zero attached hydrogens (tertiary/aromatic N) is 2. The first kappa shape index (κ1) is 16.9. The van der Waals surface area contributed by atoms with E-state index in [1.807, 2.05) is 4.90 Å². The Hall–Kier alpha value is -1.45. The fourth-order valence-corrected chi connectivity index (χ4v) is 3.18. The lowest BCUT2D eigenvalue weighted by molar-refractivity contribution is 0.162. The molecule has 2 heterocycles. The monoisotopic (exact) mass is 305 g/mol. The second-order valence-electron chi connectivity index (χ2n) is 6.82. The van der Waals surface area contributed by atoms with Gasteiger partial charge in [0.15, 0.2) is 0 Å². The minimum Gasteiger partial charge on any atom is -0.348 e. The van der Waals surface area contributed by atoms with Crippen molar-refractivity contribution in [2.45, 2.75) is 65.5 Å². The summed E-state index contributed by atoms with van der Waals surface area (Å²) >= 11 is 0. The fraction of sp³-hybridized carbons (Fsp3) is 0.722. The number of unbranched alkanes of at least 4 members (excludes halogenated alkanes) is 3. The van der Waals surface area contributed by atoms with Crippen LogP contribution in [0.1, 0.15) is 64.6 Å². The molecule has 0 fully saturated rings. The highest BCUT2D eigenvalue weighted by atomic mass is 16.2. The van der Waals surface area contributed by atoms with E-state index in [1.165, 1.54) is 31.4 Å². The first-order valence-corrected chi connectivity index (χ1v) is 8.79. The van der Waals surface area contributed by atoms with Crippen LogP contribution in [0.3, 0.4) is 0 Å². The highest BCUT2D eigenvalue weighted by Gasteiger charge is 2.26. The average molecular weight is 305 g/mol. The number of carbonyl (C=O) groups excluding carboxylic acids is 1. The largest absolute Gasteiger partial charge is 0.348 e. The van der Waals surface area contributed by atoms with Crippen LogP contribution in [0.15, 0.2) is 18.3 Å². The zero-order chi connectivity index (χ0) is 15.9. The SMILES string of the molecule is CC(C)CCCCCCNC(=O)N1CCn2cccc2C1C. The second kappa shape index (κ2) is 8.25. The summed E-state index contributed by atoms with van der Waals surface area (Å²) in [5.74, 6) is 0.805. The van der Waals surface area contributed by atoms with Gasteiger partial charge in [0.2, 0.25) is 0 Å². The average Bonchev–Trinajstić information content (AvgIpc) is 2.95. The van der Waals surface area contributed by atoms with E-state index in [9.17, 15) is 4.79 Å². The van der Waals surface area contributed by atoms with Crippen LogP contribution < -0.4 is 5.32 Å². The van der Waals surface area contributed by atoms with Crippen molar-refractivity contribution in [3.8, 4) is 0 Å². The van der Waals surface area contributed by atoms with Crippen molar-refractivity contribution in [2.24, 2.45) is 5.92 Å². The minimum atomic E-state index is 0.0853. The van der Waals surface area contributed by atoms with E-state index < -0.39 is 0 Å². The molecule has 0 spiro atoms. The molecule has 4 nitrogen and oxygen atoms in total. The number of amides is 2. The van der Waals surface area contributed by atoms with E-state index in [-0.39, 0.29) is 12.1 Å². The molecule has 22 heavy (non-hydrogen) atoms. The first-order valence-electron chi connectivity index (χ1n) is 8.79. The summed E-state index contributed by atoms with van der Waals surface area (Å²) in [7, 11) is 0. The Labute approximate surface area is 134 Å². The van der Waals surface area contributed by atoms with Gasteiger partial charge in [0.1, 0.15) is 0 Å². The highest BCUT2D eigenvalue weighted by Crippen LogP contribution is 2.25. The van der Waals surface area contributed by atoms with Gasteiger partial charge < -0.3 is 14.8 Å². The molecule has 0 saturated heterocycles. The van der Waals surface area contributed by atoms with Gasteiger partial charge in [-0.15, -0.1) is 0 Å². The van der Waals surface area contributed by atoms with Crippen molar-refractivity contribution in [3.63, 3.8) is 0 Å². The molecule has 1 unspecified atom stereocenters. The van der Waals surface area contributed by atoms with E-state index in [1.54, 1.807) is 0 Å². The zero-order valence-corrected chi connectivity index (χ0v) is 14.3. The van der Waals surface area contributed by atoms with Crippen LogP contribution in [0.5, 0.6) is 0 Å². The summed E-state index contributed by atoms with van der Waals surface area (Å²) in [5.41, 5.74) is 1.23. The molecule has 4 heteroatoms. The third-order valence-electron chi connectivity index (χ3n) is 4.59. The molecule has 0 aliphatic carbocycles. The highest BCUT2D eigenvalue weighted by molar-refractivity contribution is 5.74. The third kappa shape index (κ3) is 4.52. The number of urea groups is 1. The van der Waals surface area contributed by atoms with E-state index in [4.69, 9.17) is 0 Å². The second-order valence-corrected chi connectivity index (χ2v) is 6.82. The summed E-state index contributed by atoms with van der Waals surface area (Å²) < 4.78 is 2.24. The molecule has 1 aliphatic rings. The van der Waals surface area contributed by atoms with Crippen molar-refractivity contribution >= 4 is 6.03 Å². The Morgan fingerprint density at radius 3 is 2.82 bits per heavy atom. The zero-order valence-electron chi connectivity index (χ0n) is 14.3. The van der Waals surface area contributed by atoms with Gasteiger partial charge >= 0.3 is 6.03 Å². The molecule has 0 bridgehead atoms. The van der Waals surface area contributed by atoms with Gasteiger partial charge in [-0.1, -0.05) is 39.5 Å². The first-order chi connectivity index (χ1) is 10.6. The molecule has 1 atom stereocenters. The number of hydrogen-bond acceptors (Lipinski definition) is 1. The maximum Gasteiger partial charge on any atom is 0.318 e. The van der Waals surface area contributed by atoms with Crippen molar-refractivity contribution in [2.75, 3.05) is 13.1 Å². The predicted octanol–water partition coefficient (Wildman–Crippen LogP) is 4.18. The molecule has 0 aromatic carbocycles. The molecule has 2 rings (SSSR count). The Bertz CT molecular complexity index is 467. The molecule has 2 amide bonds. The Morgan fingerprint density at radius 1 is 1.27 bits per heavy atom. The van der Waals surface area contributed by atoms with Crippen molar-refractivity contribution in [1.82, 2.24) is 14.8 Å². The Morgan fingerprint density at radius 2 is 2.05 bits per heavy atom. The van der Waals surface area contributed by atoms with Gasteiger partial charge in [-0.25, -0.2) is 4.79 Å². The topological polar surface area (TPSA) is 37.3 Å². The van der Waals surface area contributed by atoms with Gasteiger partial charge in [-0.3, -0.25) is 0 Å². The van der Waals surface area contributed by atoms with Crippen LogP contribution in [0, 0.1) is 5.92 Å². The fourth-order valence-electron chi connectivity index (χ4n) is 3.18. The smallest absolute Gasteiger partial charge is 0.318 e. The predicted molar refractivity (Wildman–Crippen MR) is 90.9 cm³/mol. The van der Waals surface area contributed by atoms with Crippen molar-refractivity contribution in [1.29, 1.82) is 0 Å². The summed E-state index contributed by atoms with van der Waals surface area (Å²) in [4.78, 5) is 14.3. The van der Waals surface area contributed by atoms with Crippen molar-refractivity contribution in [3.05, 3.63) is 24.0 Å². The maximum atomic E-state index is 12.3. The number of nitrogens with one attached hydrogen (secondary N) is 1. The van der Waals surface area contributed by atoms with Crippen LogP contribution in [0.4, 0.5) is 4.79 Å². The number of fused-ring (bicyclic) bond motifs is 1. The van der Waals surface area contributed by atoms with Gasteiger partial charge in [0.25, 0.3) is 0 Å². The Kier molecular flexibility index (Phi) is 6.34. The molecular formula is C18H31N3O. The van der Waals surface area contributed by atoms with Gasteiger partial charge in [-0.05, 0) is 31.4 Å². The standard InChI is InChI=1S/C18H31N3O/c1-15(2)9-6-4-5-7-11-19-18(22)21-14-13-20-12-8-10-17(20)16(21)3/h8,10,12,15-16H,4-7,9,11,13-14H2,1-3H3,(H,19,22). The van der Waals surface area contributed by atoms with Gasteiger partial charge in [-0.2, -0.15) is 0 Å². The van der Waals surface area contributed by atoms with E-state index in [2.05, 4.69) is 49.0 Å². The van der Waals surface area contributed by atoms with Crippen LogP contribution >= 0.6 is 0 Å². The normalized spacial score (nSPS) is 17.6. The van der Waals surface area contributed by atoms with Gasteiger partial charge in [0.05, 0.1) is 6.04 Å². The van der Waals surface area contributed by atoms with Crippen LogP contribution in [0.2, 0.25) is 0 Å². The lowest BCUT2D eigenvalue weighted by Crippen LogP contribution is -2.46. The van der Waals surface area contributed by atoms with Crippen molar-refractivity contribution < 1.29 is 4.79 Å². The van der Waals surface area contributed by atoms with Crippen LogP contribution in [-0.2, 0) is 6.54 Å². The maximum absolute atomic E-state index is 12.3. The lowest BCUT2D eigenvalue weighted by Gasteiger charge is -2.34. The molecule has 1 aliphatic heterocycles. The quantitative estimate of drug-likeness (QED) is 0.754. The number of rotatable bonds is 7. The molecule has 1 aromatic rings. The molecule has 124 valence electrons. The molecule has 0 radical (unpaired) electrons. The van der Waals surface area contributed by atoms with Crippen LogP contribution in [-0.4, -0.2) is 28.6 Å². The molecule has 1 N–H and O–H groups in total. The van der Waals surface area contributed by atoms with E-state index >= 15 is 0 Å². The Balaban J connectivity index is 1.64. The molecular weight excluding hydrogens is 274 g/mol.